The van der Waals surface area contributed by atoms with Gasteiger partial charge in [0, 0.05) is 44.8 Å². The van der Waals surface area contributed by atoms with Gasteiger partial charge < -0.3 is 0 Å². The third-order valence-corrected chi connectivity index (χ3v) is 9.22. The lowest BCUT2D eigenvalue weighted by atomic mass is 9.74. The molecule has 0 aliphatic carbocycles. The van der Waals surface area contributed by atoms with Gasteiger partial charge in [0.2, 0.25) is 0 Å². The Morgan fingerprint density at radius 1 is 0.852 bits per heavy atom. The Hall–Kier alpha value is -0.950. The molecule has 2 bridgehead atoms. The molecule has 4 fully saturated rings. The van der Waals surface area contributed by atoms with Crippen LogP contribution in [0.3, 0.4) is 0 Å². The lowest BCUT2D eigenvalue weighted by molar-refractivity contribution is -0.0423. The Kier molecular flexibility index (Phi) is 4.79. The van der Waals surface area contributed by atoms with Crippen LogP contribution >= 0.6 is 0 Å². The van der Waals surface area contributed by atoms with Crippen LogP contribution in [-0.4, -0.2) is 60.7 Å². The van der Waals surface area contributed by atoms with Gasteiger partial charge in [0.1, 0.15) is 0 Å². The van der Waals surface area contributed by atoms with Crippen molar-refractivity contribution in [2.24, 2.45) is 11.8 Å². The quantitative estimate of drug-likeness (QED) is 0.798. The first-order chi connectivity index (χ1) is 13.1. The zero-order valence-electron chi connectivity index (χ0n) is 16.0. The van der Waals surface area contributed by atoms with Crippen LogP contribution < -0.4 is 0 Å². The van der Waals surface area contributed by atoms with Crippen LogP contribution in [0.2, 0.25) is 0 Å². The van der Waals surface area contributed by atoms with E-state index in [0.717, 1.165) is 25.9 Å². The highest BCUT2D eigenvalue weighted by atomic mass is 32.2. The topological polar surface area (TPSA) is 43.9 Å². The summed E-state index contributed by atoms with van der Waals surface area (Å²) in [6, 6.07) is 12.0. The standard InChI is InChI=1S/C21H31N3O2S/c25-27(26,22-11-4-5-12-22)23-14-17-13-19(16-23)21-10-6-9-20(24(21)15-17)18-7-2-1-3-8-18/h1-3,7-8,17,19-21H,4-6,9-16H2/t17-,19+,20+,21-/m0/s1. The van der Waals surface area contributed by atoms with E-state index in [-0.39, 0.29) is 0 Å². The fourth-order valence-electron chi connectivity index (χ4n) is 6.07. The molecule has 5 rings (SSSR count). The Bertz CT molecular complexity index is 763. The number of hydrogen-bond acceptors (Lipinski definition) is 3. The van der Waals surface area contributed by atoms with Gasteiger partial charge in [-0.25, -0.2) is 0 Å². The van der Waals surface area contributed by atoms with Crippen LogP contribution in [0, 0.1) is 11.8 Å². The number of fused-ring (bicyclic) bond motifs is 4. The van der Waals surface area contributed by atoms with Gasteiger partial charge in [0.05, 0.1) is 0 Å². The summed E-state index contributed by atoms with van der Waals surface area (Å²) < 4.78 is 29.8. The van der Waals surface area contributed by atoms with Crippen molar-refractivity contribution in [1.29, 1.82) is 0 Å². The molecule has 0 saturated carbocycles. The molecule has 4 aliphatic rings. The Balaban J connectivity index is 1.37. The van der Waals surface area contributed by atoms with Gasteiger partial charge in [-0.3, -0.25) is 4.90 Å². The van der Waals surface area contributed by atoms with Crippen LogP contribution in [0.4, 0.5) is 0 Å². The zero-order chi connectivity index (χ0) is 18.4. The molecule has 0 N–H and O–H groups in total. The Morgan fingerprint density at radius 2 is 1.63 bits per heavy atom. The molecule has 1 aromatic carbocycles. The van der Waals surface area contributed by atoms with Crippen LogP contribution in [0.5, 0.6) is 0 Å². The molecule has 4 heterocycles. The minimum absolute atomic E-state index is 0.474. The van der Waals surface area contributed by atoms with Crippen LogP contribution in [0.25, 0.3) is 0 Å². The highest BCUT2D eigenvalue weighted by Crippen LogP contribution is 2.45. The van der Waals surface area contributed by atoms with E-state index in [1.807, 2.05) is 4.31 Å². The molecule has 0 amide bonds. The summed E-state index contributed by atoms with van der Waals surface area (Å²) in [5, 5.41) is 0. The maximum Gasteiger partial charge on any atom is 0.281 e. The number of piperidine rings is 3. The third kappa shape index (κ3) is 3.24. The summed E-state index contributed by atoms with van der Waals surface area (Å²) >= 11 is 0. The molecule has 0 aromatic heterocycles. The zero-order valence-corrected chi connectivity index (χ0v) is 16.9. The van der Waals surface area contributed by atoms with Crippen molar-refractivity contribution in [3.05, 3.63) is 35.9 Å². The van der Waals surface area contributed by atoms with Gasteiger partial charge in [-0.2, -0.15) is 17.0 Å². The summed E-state index contributed by atoms with van der Waals surface area (Å²) in [6.07, 6.45) is 6.92. The van der Waals surface area contributed by atoms with Crippen LogP contribution in [0.1, 0.15) is 50.1 Å². The molecule has 4 aliphatic heterocycles. The molecule has 4 atom stereocenters. The van der Waals surface area contributed by atoms with Crippen LogP contribution in [0.15, 0.2) is 30.3 Å². The fourth-order valence-corrected chi connectivity index (χ4v) is 7.89. The summed E-state index contributed by atoms with van der Waals surface area (Å²) in [5.74, 6) is 0.961. The number of benzene rings is 1. The van der Waals surface area contributed by atoms with E-state index >= 15 is 0 Å². The van der Waals surface area contributed by atoms with Gasteiger partial charge in [-0.15, -0.1) is 0 Å². The van der Waals surface area contributed by atoms with E-state index in [4.69, 9.17) is 0 Å². The van der Waals surface area contributed by atoms with Crippen molar-refractivity contribution in [1.82, 2.24) is 13.5 Å². The molecule has 27 heavy (non-hydrogen) atoms. The monoisotopic (exact) mass is 389 g/mol. The molecule has 6 heteroatoms. The van der Waals surface area contributed by atoms with E-state index in [0.29, 0.717) is 43.6 Å². The lowest BCUT2D eigenvalue weighted by Crippen LogP contribution is -2.61. The van der Waals surface area contributed by atoms with E-state index in [1.54, 1.807) is 4.31 Å². The van der Waals surface area contributed by atoms with Crippen molar-refractivity contribution >= 4 is 10.2 Å². The van der Waals surface area contributed by atoms with Crippen molar-refractivity contribution in [2.75, 3.05) is 32.7 Å². The average molecular weight is 390 g/mol. The summed E-state index contributed by atoms with van der Waals surface area (Å²) in [4.78, 5) is 2.73. The molecular weight excluding hydrogens is 358 g/mol. The molecule has 0 radical (unpaired) electrons. The Morgan fingerprint density at radius 3 is 2.41 bits per heavy atom. The molecule has 148 valence electrons. The Labute approximate surface area is 163 Å². The number of rotatable bonds is 3. The van der Waals surface area contributed by atoms with Crippen molar-refractivity contribution in [3.63, 3.8) is 0 Å². The molecule has 1 aromatic rings. The first-order valence-corrected chi connectivity index (χ1v) is 12.1. The SMILES string of the molecule is O=S(=O)(N1CCCC1)N1C[C@@H]2C[C@H](C1)[C@@H]1CCC[C@H](c3ccccc3)N1C2. The van der Waals surface area contributed by atoms with Gasteiger partial charge in [-0.05, 0) is 55.9 Å². The van der Waals surface area contributed by atoms with Crippen molar-refractivity contribution in [2.45, 2.75) is 50.6 Å². The number of hydrogen-bond donors (Lipinski definition) is 0. The molecule has 0 unspecified atom stereocenters. The second-order valence-corrected chi connectivity index (χ2v) is 10.8. The summed E-state index contributed by atoms with van der Waals surface area (Å²) in [5.41, 5.74) is 1.43. The van der Waals surface area contributed by atoms with Gasteiger partial charge in [-0.1, -0.05) is 30.3 Å². The minimum Gasteiger partial charge on any atom is -0.293 e. The average Bonchev–Trinajstić information content (AvgIpc) is 3.24. The van der Waals surface area contributed by atoms with E-state index < -0.39 is 10.2 Å². The smallest absolute Gasteiger partial charge is 0.281 e. The van der Waals surface area contributed by atoms with E-state index in [1.165, 1.54) is 31.2 Å². The normalized spacial score (nSPS) is 35.9. The maximum absolute atomic E-state index is 13.1. The molecule has 4 saturated heterocycles. The van der Waals surface area contributed by atoms with Gasteiger partial charge in [0.15, 0.2) is 0 Å². The fraction of sp³-hybridized carbons (Fsp3) is 0.714. The van der Waals surface area contributed by atoms with Gasteiger partial charge >= 0.3 is 0 Å². The maximum atomic E-state index is 13.1. The van der Waals surface area contributed by atoms with Gasteiger partial charge in [0.25, 0.3) is 10.2 Å². The first kappa shape index (κ1) is 18.1. The first-order valence-electron chi connectivity index (χ1n) is 10.7. The molecule has 0 spiro atoms. The predicted molar refractivity (Wildman–Crippen MR) is 106 cm³/mol. The molecule has 5 nitrogen and oxygen atoms in total. The largest absolute Gasteiger partial charge is 0.293 e. The number of nitrogens with zero attached hydrogens (tertiary/aromatic N) is 3. The van der Waals surface area contributed by atoms with Crippen LogP contribution in [-0.2, 0) is 10.2 Å². The van der Waals surface area contributed by atoms with E-state index in [9.17, 15) is 8.42 Å². The molecular formula is C21H31N3O2S. The van der Waals surface area contributed by atoms with Crippen molar-refractivity contribution < 1.29 is 8.42 Å². The second kappa shape index (κ2) is 7.14. The summed E-state index contributed by atoms with van der Waals surface area (Å²) in [6.45, 7) is 3.89. The second-order valence-electron chi connectivity index (χ2n) is 8.91. The lowest BCUT2D eigenvalue weighted by Gasteiger charge is -2.55. The third-order valence-electron chi connectivity index (χ3n) is 7.25. The highest BCUT2D eigenvalue weighted by molar-refractivity contribution is 7.86. The highest BCUT2D eigenvalue weighted by Gasteiger charge is 2.47. The van der Waals surface area contributed by atoms with E-state index in [2.05, 4.69) is 35.2 Å². The summed E-state index contributed by atoms with van der Waals surface area (Å²) in [7, 11) is -3.26. The van der Waals surface area contributed by atoms with Crippen molar-refractivity contribution in [3.8, 4) is 0 Å². The minimum atomic E-state index is -3.26. The predicted octanol–water partition coefficient (Wildman–Crippen LogP) is 2.87.